The Morgan fingerprint density at radius 1 is 0.943 bits per heavy atom. The third-order valence-corrected chi connectivity index (χ3v) is 6.55. The van der Waals surface area contributed by atoms with E-state index in [2.05, 4.69) is 12.2 Å². The first-order chi connectivity index (χ1) is 16.9. The molecule has 2 rings (SSSR count). The van der Waals surface area contributed by atoms with Crippen LogP contribution in [0.25, 0.3) is 0 Å². The molecule has 1 amide bonds. The molecule has 0 radical (unpaired) electrons. The minimum atomic E-state index is -2.29. The maximum Gasteiger partial charge on any atom is 0.261 e. The molecule has 2 aromatic rings. The van der Waals surface area contributed by atoms with E-state index in [-0.39, 0.29) is 5.56 Å². The average Bonchev–Trinajstić information content (AvgIpc) is 2.84. The Morgan fingerprint density at radius 2 is 1.57 bits per heavy atom. The van der Waals surface area contributed by atoms with E-state index < -0.39 is 28.8 Å². The summed E-state index contributed by atoms with van der Waals surface area (Å²) in [5.41, 5.74) is 0.635. The molecule has 0 saturated heterocycles. The van der Waals surface area contributed by atoms with E-state index in [0.29, 0.717) is 23.7 Å². The van der Waals surface area contributed by atoms with Gasteiger partial charge in [0.05, 0.1) is 12.8 Å². The van der Waals surface area contributed by atoms with Gasteiger partial charge in [-0.2, -0.15) is 0 Å². The van der Waals surface area contributed by atoms with Crippen LogP contribution < -0.4 is 14.4 Å². The van der Waals surface area contributed by atoms with Crippen molar-refractivity contribution in [2.24, 2.45) is 0 Å². The van der Waals surface area contributed by atoms with Gasteiger partial charge in [-0.15, -0.1) is 0 Å². The van der Waals surface area contributed by atoms with Crippen LogP contribution in [0.1, 0.15) is 81.5 Å². The lowest BCUT2D eigenvalue weighted by atomic mass is 10.1. The minimum absolute atomic E-state index is 0.0470. The monoisotopic (exact) mass is 510 g/mol. The smallest absolute Gasteiger partial charge is 0.261 e. The van der Waals surface area contributed by atoms with Gasteiger partial charge in [0.25, 0.3) is 17.2 Å². The number of nitrogens with one attached hydrogen (secondary N) is 1. The lowest BCUT2D eigenvalue weighted by molar-refractivity contribution is 0.102. The Labute approximate surface area is 209 Å². The highest BCUT2D eigenvalue weighted by molar-refractivity contribution is 7.80. The van der Waals surface area contributed by atoms with Gasteiger partial charge >= 0.3 is 0 Å². The highest BCUT2D eigenvalue weighted by Gasteiger charge is 2.19. The van der Waals surface area contributed by atoms with Crippen LogP contribution in [-0.2, 0) is 11.3 Å². The molecule has 0 spiro atoms. The molecule has 2 aromatic carbocycles. The van der Waals surface area contributed by atoms with E-state index in [1.807, 2.05) is 0 Å². The van der Waals surface area contributed by atoms with Crippen molar-refractivity contribution in [2.45, 2.75) is 71.1 Å². The van der Waals surface area contributed by atoms with Gasteiger partial charge in [-0.3, -0.25) is 13.7 Å². The molecule has 0 saturated carbocycles. The number of halogens is 2. The van der Waals surface area contributed by atoms with Gasteiger partial charge in [0.1, 0.15) is 5.75 Å². The fourth-order valence-corrected chi connectivity index (χ4v) is 4.43. The van der Waals surface area contributed by atoms with Crippen LogP contribution in [0.4, 0.5) is 20.2 Å². The van der Waals surface area contributed by atoms with E-state index in [4.69, 9.17) is 4.74 Å². The summed E-state index contributed by atoms with van der Waals surface area (Å²) in [5.74, 6) is -2.41. The second-order valence-corrected chi connectivity index (χ2v) is 9.39. The fourth-order valence-electron chi connectivity index (χ4n) is 3.83. The Morgan fingerprint density at radius 3 is 2.14 bits per heavy atom. The molecule has 35 heavy (non-hydrogen) atoms. The average molecular weight is 511 g/mol. The first-order valence-corrected chi connectivity index (χ1v) is 13.3. The topological polar surface area (TPSA) is 78.9 Å². The van der Waals surface area contributed by atoms with Crippen LogP contribution >= 0.6 is 0 Å². The van der Waals surface area contributed by atoms with Crippen molar-refractivity contribution in [3.05, 3.63) is 53.6 Å². The molecule has 0 bridgehead atoms. The summed E-state index contributed by atoms with van der Waals surface area (Å²) in [6.07, 6.45) is 11.5. The van der Waals surface area contributed by atoms with Crippen LogP contribution in [0.2, 0.25) is 0 Å². The number of amides is 1. The number of hydrogen-bond donors (Lipinski definition) is 2. The molecule has 0 fully saturated rings. The normalized spacial score (nSPS) is 11.8. The molecule has 9 heteroatoms. The molecular weight excluding hydrogens is 474 g/mol. The van der Waals surface area contributed by atoms with Crippen LogP contribution in [-0.4, -0.2) is 28.3 Å². The standard InChI is InChI=1S/C26H36F2N2O4S/c1-3-4-5-6-7-8-9-10-11-12-17-30(35(32)33)24-19-21(14-16-25(24)34-2)29-26(31)20-13-15-22(27)23(28)18-20/h13-16,18-19H,3-12,17H2,1-2H3,(H,29,31)(H,32,33). The summed E-state index contributed by atoms with van der Waals surface area (Å²) < 4.78 is 55.3. The molecule has 0 aliphatic rings. The molecular formula is C26H36F2N2O4S. The lowest BCUT2D eigenvalue weighted by Crippen LogP contribution is -2.27. The van der Waals surface area contributed by atoms with Gasteiger partial charge in [0, 0.05) is 17.8 Å². The van der Waals surface area contributed by atoms with Crippen molar-refractivity contribution >= 4 is 28.5 Å². The van der Waals surface area contributed by atoms with Gasteiger partial charge in [0.15, 0.2) is 11.6 Å². The number of nitrogens with zero attached hydrogens (tertiary/aromatic N) is 1. The SMILES string of the molecule is CCCCCCCCCCCCN(c1cc(NC(=O)c2ccc(F)c(F)c2)ccc1OC)S(=O)O. The third kappa shape index (κ3) is 9.57. The maximum absolute atomic E-state index is 13.5. The summed E-state index contributed by atoms with van der Waals surface area (Å²) in [7, 11) is 1.46. The molecule has 194 valence electrons. The zero-order valence-corrected chi connectivity index (χ0v) is 21.3. The van der Waals surface area contributed by atoms with E-state index >= 15 is 0 Å². The Hall–Kier alpha value is -2.52. The Bertz CT molecular complexity index is 974. The van der Waals surface area contributed by atoms with Crippen molar-refractivity contribution in [1.29, 1.82) is 0 Å². The number of benzene rings is 2. The summed E-state index contributed by atoms with van der Waals surface area (Å²) in [5, 5.41) is 2.61. The summed E-state index contributed by atoms with van der Waals surface area (Å²) in [4.78, 5) is 12.5. The predicted octanol–water partition coefficient (Wildman–Crippen LogP) is 7.09. The van der Waals surface area contributed by atoms with Gasteiger partial charge in [-0.25, -0.2) is 13.0 Å². The third-order valence-electron chi connectivity index (χ3n) is 5.79. The number of anilines is 2. The highest BCUT2D eigenvalue weighted by atomic mass is 32.2. The van der Waals surface area contributed by atoms with Crippen molar-refractivity contribution < 1.29 is 27.1 Å². The molecule has 0 aliphatic heterocycles. The number of ether oxygens (including phenoxy) is 1. The van der Waals surface area contributed by atoms with E-state index in [1.54, 1.807) is 12.1 Å². The largest absolute Gasteiger partial charge is 0.495 e. The quantitative estimate of drug-likeness (QED) is 0.187. The van der Waals surface area contributed by atoms with Crippen LogP contribution in [0.3, 0.4) is 0 Å². The number of unbranched alkanes of at least 4 members (excludes halogenated alkanes) is 9. The first kappa shape index (κ1) is 28.7. The summed E-state index contributed by atoms with van der Waals surface area (Å²) in [6, 6.07) is 7.55. The number of rotatable bonds is 16. The summed E-state index contributed by atoms with van der Waals surface area (Å²) in [6.45, 7) is 2.55. The van der Waals surface area contributed by atoms with Gasteiger partial charge < -0.3 is 10.1 Å². The highest BCUT2D eigenvalue weighted by Crippen LogP contribution is 2.33. The minimum Gasteiger partial charge on any atom is -0.495 e. The molecule has 0 heterocycles. The van der Waals surface area contributed by atoms with E-state index in [9.17, 15) is 22.3 Å². The number of hydrogen-bond acceptors (Lipinski definition) is 3. The van der Waals surface area contributed by atoms with Crippen molar-refractivity contribution in [1.82, 2.24) is 0 Å². The zero-order valence-electron chi connectivity index (χ0n) is 20.5. The second kappa shape index (κ2) is 15.5. The van der Waals surface area contributed by atoms with E-state index in [0.717, 1.165) is 37.8 Å². The Balaban J connectivity index is 1.96. The van der Waals surface area contributed by atoms with E-state index in [1.165, 1.54) is 62.1 Å². The van der Waals surface area contributed by atoms with Crippen LogP contribution in [0.15, 0.2) is 36.4 Å². The second-order valence-electron chi connectivity index (χ2n) is 8.48. The lowest BCUT2D eigenvalue weighted by Gasteiger charge is -2.23. The van der Waals surface area contributed by atoms with Crippen molar-refractivity contribution in [3.63, 3.8) is 0 Å². The summed E-state index contributed by atoms with van der Waals surface area (Å²) >= 11 is -2.29. The number of carbonyl (C=O) groups excluding carboxylic acids is 1. The van der Waals surface area contributed by atoms with Crippen molar-refractivity contribution in [2.75, 3.05) is 23.3 Å². The molecule has 1 unspecified atom stereocenters. The number of methoxy groups -OCH3 is 1. The van der Waals surface area contributed by atoms with Gasteiger partial charge in [0.2, 0.25) is 0 Å². The molecule has 0 aromatic heterocycles. The van der Waals surface area contributed by atoms with Gasteiger partial charge in [-0.05, 0) is 42.8 Å². The molecule has 1 atom stereocenters. The molecule has 6 nitrogen and oxygen atoms in total. The predicted molar refractivity (Wildman–Crippen MR) is 137 cm³/mol. The fraction of sp³-hybridized carbons (Fsp3) is 0.500. The van der Waals surface area contributed by atoms with Crippen LogP contribution in [0.5, 0.6) is 5.75 Å². The number of carbonyl (C=O) groups is 1. The Kier molecular flexibility index (Phi) is 12.7. The molecule has 2 N–H and O–H groups in total. The first-order valence-electron chi connectivity index (χ1n) is 12.2. The zero-order chi connectivity index (χ0) is 25.6. The van der Waals surface area contributed by atoms with Gasteiger partial charge in [-0.1, -0.05) is 64.7 Å². The van der Waals surface area contributed by atoms with Crippen molar-refractivity contribution in [3.8, 4) is 5.75 Å². The van der Waals surface area contributed by atoms with Crippen LogP contribution in [0, 0.1) is 11.6 Å². The maximum atomic E-state index is 13.5. The molecule has 0 aliphatic carbocycles.